The van der Waals surface area contributed by atoms with Crippen LogP contribution in [0.15, 0.2) is 73.1 Å². The van der Waals surface area contributed by atoms with E-state index in [1.807, 2.05) is 67.6 Å². The average Bonchev–Trinajstić information content (AvgIpc) is 3.49. The van der Waals surface area contributed by atoms with Gasteiger partial charge >= 0.3 is 6.03 Å². The third kappa shape index (κ3) is 4.86. The van der Waals surface area contributed by atoms with Gasteiger partial charge in [0.15, 0.2) is 0 Å². The topological polar surface area (TPSA) is 124 Å². The zero-order valence-electron chi connectivity index (χ0n) is 21.1. The minimum Gasteiger partial charge on any atom is -0.366 e. The van der Waals surface area contributed by atoms with Crippen molar-refractivity contribution in [2.75, 3.05) is 30.4 Å². The molecule has 4 N–H and O–H groups in total. The summed E-state index contributed by atoms with van der Waals surface area (Å²) < 4.78 is 0. The molecule has 1 unspecified atom stereocenters. The Hall–Kier alpha value is -4.92. The van der Waals surface area contributed by atoms with Gasteiger partial charge in [-0.3, -0.25) is 14.5 Å². The highest BCUT2D eigenvalue weighted by molar-refractivity contribution is 6.24. The lowest BCUT2D eigenvalue weighted by Crippen LogP contribution is -2.29. The number of nitrogens with one attached hydrogen (secondary N) is 2. The molecule has 0 saturated carbocycles. The molecule has 1 fully saturated rings. The number of anilines is 2. The number of aromatic nitrogens is 2. The van der Waals surface area contributed by atoms with Crippen LogP contribution < -0.4 is 16.0 Å². The molecule has 1 saturated heterocycles. The van der Waals surface area contributed by atoms with Crippen LogP contribution in [0.3, 0.4) is 0 Å². The number of primary amides is 1. The predicted octanol–water partition coefficient (Wildman–Crippen LogP) is 4.20. The number of rotatable bonds is 7. The maximum Gasteiger partial charge on any atom is 0.324 e. The highest BCUT2D eigenvalue weighted by atomic mass is 16.2. The van der Waals surface area contributed by atoms with Gasteiger partial charge in [-0.2, -0.15) is 0 Å². The quantitative estimate of drug-likeness (QED) is 0.324. The second kappa shape index (κ2) is 10.2. The molecule has 9 nitrogen and oxygen atoms in total. The average molecular weight is 509 g/mol. The number of pyridine rings is 1. The Balaban J connectivity index is 1.34. The first-order chi connectivity index (χ1) is 18.3. The number of amides is 4. The van der Waals surface area contributed by atoms with Crippen LogP contribution in [0.2, 0.25) is 0 Å². The highest BCUT2D eigenvalue weighted by Crippen LogP contribution is 2.27. The van der Waals surface area contributed by atoms with E-state index < -0.39 is 11.8 Å². The minimum absolute atomic E-state index is 0.0304. The summed E-state index contributed by atoms with van der Waals surface area (Å²) in [6.07, 6.45) is 5.06. The van der Waals surface area contributed by atoms with E-state index in [-0.39, 0.29) is 11.9 Å². The van der Waals surface area contributed by atoms with Crippen molar-refractivity contribution in [3.63, 3.8) is 0 Å². The van der Waals surface area contributed by atoms with Crippen LogP contribution in [-0.2, 0) is 9.59 Å². The molecule has 4 aromatic rings. The molecule has 5 rings (SSSR count). The Morgan fingerprint density at radius 1 is 1.11 bits per heavy atom. The van der Waals surface area contributed by atoms with Gasteiger partial charge in [0.25, 0.3) is 0 Å². The van der Waals surface area contributed by atoms with E-state index in [4.69, 9.17) is 5.73 Å². The number of hydrogen-bond donors (Lipinski definition) is 3. The summed E-state index contributed by atoms with van der Waals surface area (Å²) in [5.41, 5.74) is 10.3. The monoisotopic (exact) mass is 508 g/mol. The Morgan fingerprint density at radius 2 is 1.84 bits per heavy atom. The summed E-state index contributed by atoms with van der Waals surface area (Å²) in [5.74, 6) is -1.16. The summed E-state index contributed by atoms with van der Waals surface area (Å²) in [6.45, 7) is 3.16. The Bertz CT molecular complexity index is 1540. The van der Waals surface area contributed by atoms with Gasteiger partial charge in [-0.05, 0) is 42.3 Å². The number of benzene rings is 2. The van der Waals surface area contributed by atoms with Crippen LogP contribution in [0.25, 0.3) is 22.7 Å². The molecule has 4 amide bonds. The molecule has 0 aliphatic carbocycles. The van der Waals surface area contributed by atoms with Crippen LogP contribution >= 0.6 is 0 Å². The molecule has 9 heteroatoms. The lowest BCUT2D eigenvalue weighted by Gasteiger charge is -2.18. The van der Waals surface area contributed by atoms with Gasteiger partial charge in [-0.1, -0.05) is 42.5 Å². The van der Waals surface area contributed by atoms with Crippen molar-refractivity contribution in [1.29, 1.82) is 0 Å². The van der Waals surface area contributed by atoms with Gasteiger partial charge < -0.3 is 20.9 Å². The molecule has 38 heavy (non-hydrogen) atoms. The number of fused-ring (bicyclic) bond motifs is 1. The predicted molar refractivity (Wildman–Crippen MR) is 148 cm³/mol. The summed E-state index contributed by atoms with van der Waals surface area (Å²) in [5, 5.41) is 3.69. The first kappa shape index (κ1) is 24.8. The van der Waals surface area contributed by atoms with E-state index in [0.29, 0.717) is 35.6 Å². The number of nitrogens with two attached hydrogens (primary N) is 1. The summed E-state index contributed by atoms with van der Waals surface area (Å²) in [4.78, 5) is 48.4. The normalized spacial score (nSPS) is 14.7. The molecule has 1 atom stereocenters. The number of hydrogen-bond acceptors (Lipinski definition) is 4. The third-order valence-electron chi connectivity index (χ3n) is 6.80. The molecule has 2 aromatic heterocycles. The van der Waals surface area contributed by atoms with Crippen molar-refractivity contribution in [3.8, 4) is 0 Å². The maximum absolute atomic E-state index is 13.1. The first-order valence-electron chi connectivity index (χ1n) is 12.3. The summed E-state index contributed by atoms with van der Waals surface area (Å²) in [6, 6.07) is 18.5. The Morgan fingerprint density at radius 3 is 2.50 bits per heavy atom. The molecule has 0 radical (unpaired) electrons. The summed E-state index contributed by atoms with van der Waals surface area (Å²) >= 11 is 0. The van der Waals surface area contributed by atoms with Crippen LogP contribution in [-0.4, -0.2) is 52.9 Å². The first-order valence-corrected chi connectivity index (χ1v) is 12.3. The highest BCUT2D eigenvalue weighted by Gasteiger charge is 2.26. The van der Waals surface area contributed by atoms with E-state index in [9.17, 15) is 14.4 Å². The van der Waals surface area contributed by atoms with Crippen molar-refractivity contribution >= 4 is 51.9 Å². The standard InChI is InChI=1S/C29H28N6O3/c1-18(19-8-10-23(11-9-19)35-13-12-34(2)29(35)38)28(37)33-22-15-25-21(16-31-27(25)32-17-22)14-24(26(30)36)20-6-4-3-5-7-20/h3-11,14-18H,12-13H2,1-2H3,(H2,30,36)(H,31,32)(H,33,37)/b24-14+. The van der Waals surface area contributed by atoms with Crippen molar-refractivity contribution in [3.05, 3.63) is 89.7 Å². The van der Waals surface area contributed by atoms with Crippen molar-refractivity contribution < 1.29 is 14.4 Å². The largest absolute Gasteiger partial charge is 0.366 e. The molecule has 192 valence electrons. The van der Waals surface area contributed by atoms with Gasteiger partial charge in [-0.15, -0.1) is 0 Å². The molecular formula is C29H28N6O3. The van der Waals surface area contributed by atoms with Crippen LogP contribution in [0.5, 0.6) is 0 Å². The summed E-state index contributed by atoms with van der Waals surface area (Å²) in [7, 11) is 1.78. The number of H-pyrrole nitrogens is 1. The van der Waals surface area contributed by atoms with Gasteiger partial charge in [0.2, 0.25) is 11.8 Å². The third-order valence-corrected chi connectivity index (χ3v) is 6.80. The van der Waals surface area contributed by atoms with E-state index in [1.54, 1.807) is 35.3 Å². The number of nitrogens with zero attached hydrogens (tertiary/aromatic N) is 3. The second-order valence-electron chi connectivity index (χ2n) is 9.31. The van der Waals surface area contributed by atoms with Crippen LogP contribution in [0.4, 0.5) is 16.2 Å². The fraction of sp³-hybridized carbons (Fsp3) is 0.172. The van der Waals surface area contributed by atoms with Gasteiger partial charge in [0.1, 0.15) is 5.65 Å². The van der Waals surface area contributed by atoms with Gasteiger partial charge in [-0.25, -0.2) is 9.78 Å². The van der Waals surface area contributed by atoms with Crippen LogP contribution in [0.1, 0.15) is 29.5 Å². The van der Waals surface area contributed by atoms with E-state index in [2.05, 4.69) is 15.3 Å². The second-order valence-corrected chi connectivity index (χ2v) is 9.31. The minimum atomic E-state index is -0.538. The van der Waals surface area contributed by atoms with Gasteiger partial charge in [0.05, 0.1) is 17.8 Å². The molecule has 0 bridgehead atoms. The number of urea groups is 1. The lowest BCUT2D eigenvalue weighted by molar-refractivity contribution is -0.117. The zero-order chi connectivity index (χ0) is 26.8. The molecule has 0 spiro atoms. The number of carbonyl (C=O) groups excluding carboxylic acids is 3. The molecular weight excluding hydrogens is 480 g/mol. The number of carbonyl (C=O) groups is 3. The molecule has 2 aromatic carbocycles. The van der Waals surface area contributed by atoms with E-state index >= 15 is 0 Å². The molecule has 3 heterocycles. The Labute approximate surface area is 220 Å². The van der Waals surface area contributed by atoms with E-state index in [0.717, 1.165) is 22.2 Å². The SMILES string of the molecule is CC(C(=O)Nc1cnc2[nH]cc(/C=C(/C(N)=O)c3ccccc3)c2c1)c1ccc(N2CCN(C)C2=O)cc1. The fourth-order valence-corrected chi connectivity index (χ4v) is 4.51. The molecule has 1 aliphatic heterocycles. The smallest absolute Gasteiger partial charge is 0.324 e. The zero-order valence-corrected chi connectivity index (χ0v) is 21.1. The molecule has 1 aliphatic rings. The van der Waals surface area contributed by atoms with E-state index in [1.165, 1.54) is 0 Å². The number of aromatic amines is 1. The van der Waals surface area contributed by atoms with Crippen molar-refractivity contribution in [2.24, 2.45) is 5.73 Å². The maximum atomic E-state index is 13.1. The fourth-order valence-electron chi connectivity index (χ4n) is 4.51. The lowest BCUT2D eigenvalue weighted by atomic mass is 9.99. The van der Waals surface area contributed by atoms with Crippen molar-refractivity contribution in [2.45, 2.75) is 12.8 Å². The van der Waals surface area contributed by atoms with Crippen LogP contribution in [0, 0.1) is 0 Å². The Kier molecular flexibility index (Phi) is 6.66. The van der Waals surface area contributed by atoms with Gasteiger partial charge in [0, 0.05) is 48.5 Å². The van der Waals surface area contributed by atoms with Crippen molar-refractivity contribution in [1.82, 2.24) is 14.9 Å². The number of likely N-dealkylation sites (N-methyl/N-ethyl adjacent to an activating group) is 1.